The van der Waals surface area contributed by atoms with Crippen LogP contribution in [-0.2, 0) is 5.41 Å². The Morgan fingerprint density at radius 2 is 1.06 bits per heavy atom. The van der Waals surface area contributed by atoms with E-state index in [4.69, 9.17) is 4.42 Å². The van der Waals surface area contributed by atoms with Crippen LogP contribution in [-0.4, -0.2) is 0 Å². The van der Waals surface area contributed by atoms with Crippen LogP contribution >= 0.6 is 0 Å². The smallest absolute Gasteiger partial charge is 0.159 e. The van der Waals surface area contributed by atoms with Crippen LogP contribution < -0.4 is 4.90 Å². The van der Waals surface area contributed by atoms with E-state index in [-0.39, 0.29) is 5.41 Å². The zero-order valence-electron chi connectivity index (χ0n) is 28.0. The number of anilines is 3. The molecule has 2 aliphatic carbocycles. The van der Waals surface area contributed by atoms with Gasteiger partial charge in [-0.3, -0.25) is 0 Å². The standard InChI is InChI=1S/C49H33NO/c1-2-12-32(13-3-1)36-14-5-8-21-44(36)50(45-22-11-19-41-38-16-6-9-23-46(38)51-48(41)45)34-26-24-33(25-27-34)35-28-29-43-47-39(35)17-10-18-40(47)37-15-4-7-20-42(37)49(43)30-31-49/h1-29H,30-31H2. The molecule has 9 aromatic rings. The third-order valence-electron chi connectivity index (χ3n) is 11.3. The van der Waals surface area contributed by atoms with Crippen molar-refractivity contribution in [1.29, 1.82) is 0 Å². The van der Waals surface area contributed by atoms with Gasteiger partial charge in [0.1, 0.15) is 5.58 Å². The fourth-order valence-corrected chi connectivity index (χ4v) is 8.86. The van der Waals surface area contributed by atoms with E-state index in [1.54, 1.807) is 0 Å². The molecule has 2 aliphatic rings. The maximum atomic E-state index is 6.64. The molecule has 2 heteroatoms. The zero-order chi connectivity index (χ0) is 33.5. The molecule has 1 fully saturated rings. The summed E-state index contributed by atoms with van der Waals surface area (Å²) >= 11 is 0. The van der Waals surface area contributed by atoms with E-state index >= 15 is 0 Å². The third-order valence-corrected chi connectivity index (χ3v) is 11.3. The van der Waals surface area contributed by atoms with Crippen molar-refractivity contribution in [1.82, 2.24) is 0 Å². The number of nitrogens with zero attached hydrogens (tertiary/aromatic N) is 1. The minimum Gasteiger partial charge on any atom is -0.454 e. The molecule has 0 bridgehead atoms. The molecule has 1 saturated carbocycles. The summed E-state index contributed by atoms with van der Waals surface area (Å²) in [6, 6.07) is 64.0. The van der Waals surface area contributed by atoms with Gasteiger partial charge in [0.05, 0.1) is 11.4 Å². The van der Waals surface area contributed by atoms with Crippen LogP contribution in [0.2, 0.25) is 0 Å². The number of hydrogen-bond acceptors (Lipinski definition) is 2. The summed E-state index contributed by atoms with van der Waals surface area (Å²) in [6.45, 7) is 0. The lowest BCUT2D eigenvalue weighted by molar-refractivity contribution is 0.669. The first-order valence-corrected chi connectivity index (χ1v) is 17.9. The monoisotopic (exact) mass is 651 g/mol. The highest BCUT2D eigenvalue weighted by Gasteiger charge is 2.50. The fourth-order valence-electron chi connectivity index (χ4n) is 8.86. The van der Waals surface area contributed by atoms with E-state index in [1.165, 1.54) is 62.6 Å². The maximum absolute atomic E-state index is 6.64. The summed E-state index contributed by atoms with van der Waals surface area (Å²) < 4.78 is 6.64. The maximum Gasteiger partial charge on any atom is 0.159 e. The molecule has 0 aliphatic heterocycles. The van der Waals surface area contributed by atoms with Crippen LogP contribution in [0.1, 0.15) is 24.0 Å². The van der Waals surface area contributed by atoms with E-state index in [0.717, 1.165) is 44.6 Å². The van der Waals surface area contributed by atoms with E-state index in [2.05, 4.69) is 175 Å². The number of furan rings is 1. The Morgan fingerprint density at radius 3 is 1.92 bits per heavy atom. The Balaban J connectivity index is 1.10. The number of para-hydroxylation sites is 3. The largest absolute Gasteiger partial charge is 0.454 e. The summed E-state index contributed by atoms with van der Waals surface area (Å²) in [4.78, 5) is 2.36. The molecule has 1 spiro atoms. The Hall–Kier alpha value is -6.38. The van der Waals surface area contributed by atoms with Gasteiger partial charge in [-0.15, -0.1) is 0 Å². The molecule has 0 atom stereocenters. The molecule has 2 nitrogen and oxygen atoms in total. The summed E-state index contributed by atoms with van der Waals surface area (Å²) in [5, 5.41) is 4.99. The lowest BCUT2D eigenvalue weighted by Gasteiger charge is -2.30. The molecule has 8 aromatic carbocycles. The van der Waals surface area contributed by atoms with Crippen molar-refractivity contribution in [3.05, 3.63) is 187 Å². The normalized spacial score (nSPS) is 13.9. The second-order valence-corrected chi connectivity index (χ2v) is 14.0. The molecule has 1 heterocycles. The average Bonchev–Trinajstić information content (AvgIpc) is 3.91. The van der Waals surface area contributed by atoms with Crippen LogP contribution in [0.25, 0.3) is 66.1 Å². The van der Waals surface area contributed by atoms with Gasteiger partial charge >= 0.3 is 0 Å². The number of hydrogen-bond donors (Lipinski definition) is 0. The van der Waals surface area contributed by atoms with Crippen molar-refractivity contribution in [2.45, 2.75) is 18.3 Å². The van der Waals surface area contributed by atoms with Crippen molar-refractivity contribution in [3.63, 3.8) is 0 Å². The Labute approximate surface area is 296 Å². The summed E-state index contributed by atoms with van der Waals surface area (Å²) in [6.07, 6.45) is 2.44. The molecule has 0 saturated heterocycles. The second kappa shape index (κ2) is 10.8. The van der Waals surface area contributed by atoms with E-state index in [9.17, 15) is 0 Å². The van der Waals surface area contributed by atoms with E-state index in [0.29, 0.717) is 0 Å². The Bertz CT molecular complexity index is 2800. The number of benzene rings is 8. The van der Waals surface area contributed by atoms with Gasteiger partial charge in [0.25, 0.3) is 0 Å². The van der Waals surface area contributed by atoms with Gasteiger partial charge in [-0.1, -0.05) is 146 Å². The quantitative estimate of drug-likeness (QED) is 0.184. The first kappa shape index (κ1) is 28.5. The van der Waals surface area contributed by atoms with Crippen LogP contribution in [0.3, 0.4) is 0 Å². The second-order valence-electron chi connectivity index (χ2n) is 14.0. The molecule has 1 aromatic heterocycles. The van der Waals surface area contributed by atoms with Gasteiger partial charge in [-0.2, -0.15) is 0 Å². The Morgan fingerprint density at radius 1 is 0.412 bits per heavy atom. The summed E-state index contributed by atoms with van der Waals surface area (Å²) in [7, 11) is 0. The fraction of sp³-hybridized carbons (Fsp3) is 0.0612. The van der Waals surface area contributed by atoms with Crippen LogP contribution in [0.15, 0.2) is 180 Å². The molecular weight excluding hydrogens is 619 g/mol. The summed E-state index contributed by atoms with van der Waals surface area (Å²) in [5.41, 5.74) is 15.7. The van der Waals surface area contributed by atoms with E-state index < -0.39 is 0 Å². The first-order valence-electron chi connectivity index (χ1n) is 17.9. The van der Waals surface area contributed by atoms with Crippen molar-refractivity contribution in [2.75, 3.05) is 4.90 Å². The lowest BCUT2D eigenvalue weighted by atomic mass is 9.73. The first-order chi connectivity index (χ1) is 25.3. The lowest BCUT2D eigenvalue weighted by Crippen LogP contribution is -2.15. The highest BCUT2D eigenvalue weighted by molar-refractivity contribution is 6.12. The molecule has 240 valence electrons. The van der Waals surface area contributed by atoms with Crippen LogP contribution in [0.5, 0.6) is 0 Å². The van der Waals surface area contributed by atoms with Crippen molar-refractivity contribution in [3.8, 4) is 33.4 Å². The Kier molecular flexibility index (Phi) is 6.03. The molecular formula is C49H33NO. The average molecular weight is 652 g/mol. The minimum atomic E-state index is 0.163. The van der Waals surface area contributed by atoms with Gasteiger partial charge in [0.15, 0.2) is 5.58 Å². The van der Waals surface area contributed by atoms with Crippen molar-refractivity contribution in [2.24, 2.45) is 0 Å². The number of fused-ring (bicyclic) bond motifs is 7. The highest BCUT2D eigenvalue weighted by Crippen LogP contribution is 2.61. The van der Waals surface area contributed by atoms with Crippen molar-refractivity contribution >= 4 is 49.8 Å². The predicted octanol–water partition coefficient (Wildman–Crippen LogP) is 13.6. The van der Waals surface area contributed by atoms with Gasteiger partial charge in [-0.25, -0.2) is 0 Å². The van der Waals surface area contributed by atoms with Crippen molar-refractivity contribution < 1.29 is 4.42 Å². The molecule has 51 heavy (non-hydrogen) atoms. The summed E-state index contributed by atoms with van der Waals surface area (Å²) in [5.74, 6) is 0. The van der Waals surface area contributed by atoms with Gasteiger partial charge in [0.2, 0.25) is 0 Å². The van der Waals surface area contributed by atoms with Crippen LogP contribution in [0, 0.1) is 0 Å². The minimum absolute atomic E-state index is 0.163. The van der Waals surface area contributed by atoms with Crippen LogP contribution in [0.4, 0.5) is 17.1 Å². The van der Waals surface area contributed by atoms with E-state index in [1.807, 2.05) is 6.07 Å². The molecule has 0 N–H and O–H groups in total. The van der Waals surface area contributed by atoms with Gasteiger partial charge in [-0.05, 0) is 92.9 Å². The zero-order valence-corrected chi connectivity index (χ0v) is 28.0. The van der Waals surface area contributed by atoms with Gasteiger partial charge < -0.3 is 9.32 Å². The molecule has 0 radical (unpaired) electrons. The molecule has 11 rings (SSSR count). The predicted molar refractivity (Wildman–Crippen MR) is 212 cm³/mol. The highest BCUT2D eigenvalue weighted by atomic mass is 16.3. The molecule has 0 amide bonds. The third kappa shape index (κ3) is 4.17. The molecule has 0 unspecified atom stereocenters. The topological polar surface area (TPSA) is 16.4 Å². The SMILES string of the molecule is c1ccc(-c2ccccc2N(c2ccc(-c3ccc4c5c(cccc35)-c3ccccc3C43CC3)cc2)c2cccc3c2oc2ccccc23)cc1. The van der Waals surface area contributed by atoms with Gasteiger partial charge in [0, 0.05) is 27.4 Å². The number of rotatable bonds is 5.